The first-order chi connectivity index (χ1) is 8.94. The molecule has 1 aromatic rings. The highest BCUT2D eigenvalue weighted by atomic mass is 32.2. The summed E-state index contributed by atoms with van der Waals surface area (Å²) in [5, 5.41) is 5.30. The number of carbonyl (C=O) groups is 1. The topological polar surface area (TPSA) is 101 Å². The molecule has 19 heavy (non-hydrogen) atoms. The van der Waals surface area contributed by atoms with Gasteiger partial charge < -0.3 is 16.4 Å². The quantitative estimate of drug-likeness (QED) is 0.704. The molecule has 1 aliphatic rings. The molecular weight excluding hydrogens is 266 g/mol. The normalized spacial score (nSPS) is 21.6. The highest BCUT2D eigenvalue weighted by Crippen LogP contribution is 2.14. The fraction of sp³-hybridized carbons (Fsp3) is 0.417. The maximum absolute atomic E-state index is 11.7. The standard InChI is InChI=1S/C12H17N3O3S/c13-9-3-1-4-10(7-9)14-12(16)15-11-5-2-6-19(17,18)8-11/h1,3-4,7,11H,2,5-6,8,13H2,(H2,14,15,16). The van der Waals surface area contributed by atoms with Gasteiger partial charge in [0.2, 0.25) is 0 Å². The number of hydrogen-bond donors (Lipinski definition) is 3. The number of nitrogens with one attached hydrogen (secondary N) is 2. The van der Waals surface area contributed by atoms with E-state index in [0.29, 0.717) is 24.2 Å². The molecule has 1 heterocycles. The molecule has 2 rings (SSSR count). The van der Waals surface area contributed by atoms with Crippen LogP contribution in [0.15, 0.2) is 24.3 Å². The first kappa shape index (κ1) is 13.7. The fourth-order valence-corrected chi connectivity index (χ4v) is 3.74. The van der Waals surface area contributed by atoms with Gasteiger partial charge in [0.25, 0.3) is 0 Å². The van der Waals surface area contributed by atoms with Crippen molar-refractivity contribution >= 4 is 27.2 Å². The molecule has 1 aromatic carbocycles. The van der Waals surface area contributed by atoms with Crippen molar-refractivity contribution in [1.29, 1.82) is 0 Å². The van der Waals surface area contributed by atoms with Crippen LogP contribution < -0.4 is 16.4 Å². The van der Waals surface area contributed by atoms with Crippen molar-refractivity contribution in [3.63, 3.8) is 0 Å². The Balaban J connectivity index is 1.91. The third-order valence-electron chi connectivity index (χ3n) is 2.94. The Morgan fingerprint density at radius 1 is 1.37 bits per heavy atom. The summed E-state index contributed by atoms with van der Waals surface area (Å²) in [6.45, 7) is 0. The summed E-state index contributed by atoms with van der Waals surface area (Å²) < 4.78 is 22.9. The smallest absolute Gasteiger partial charge is 0.319 e. The summed E-state index contributed by atoms with van der Waals surface area (Å²) in [6.07, 6.45) is 1.27. The lowest BCUT2D eigenvalue weighted by atomic mass is 10.2. The molecule has 0 bridgehead atoms. The van der Waals surface area contributed by atoms with Crippen LogP contribution in [0.3, 0.4) is 0 Å². The molecule has 0 aliphatic carbocycles. The summed E-state index contributed by atoms with van der Waals surface area (Å²) in [5.41, 5.74) is 6.74. The number of sulfone groups is 1. The van der Waals surface area contributed by atoms with Crippen LogP contribution in [0.4, 0.5) is 16.2 Å². The summed E-state index contributed by atoms with van der Waals surface area (Å²) in [5.74, 6) is 0.222. The number of urea groups is 1. The van der Waals surface area contributed by atoms with E-state index >= 15 is 0 Å². The Kier molecular flexibility index (Phi) is 3.94. The van der Waals surface area contributed by atoms with Crippen LogP contribution in [0.5, 0.6) is 0 Å². The maximum atomic E-state index is 11.7. The van der Waals surface area contributed by atoms with Gasteiger partial charge >= 0.3 is 6.03 Å². The number of hydrogen-bond acceptors (Lipinski definition) is 4. The Hall–Kier alpha value is -1.76. The monoisotopic (exact) mass is 283 g/mol. The molecule has 1 fully saturated rings. The van der Waals surface area contributed by atoms with Gasteiger partial charge in [0.15, 0.2) is 9.84 Å². The molecular formula is C12H17N3O3S. The minimum absolute atomic E-state index is 0.0113. The van der Waals surface area contributed by atoms with E-state index in [9.17, 15) is 13.2 Å². The third-order valence-corrected chi connectivity index (χ3v) is 4.76. The molecule has 1 saturated heterocycles. The van der Waals surface area contributed by atoms with Crippen molar-refractivity contribution in [3.05, 3.63) is 24.3 Å². The van der Waals surface area contributed by atoms with Gasteiger partial charge in [-0.05, 0) is 31.0 Å². The van der Waals surface area contributed by atoms with Crippen molar-refractivity contribution in [1.82, 2.24) is 5.32 Å². The molecule has 0 spiro atoms. The molecule has 0 radical (unpaired) electrons. The van der Waals surface area contributed by atoms with Gasteiger partial charge in [0.1, 0.15) is 0 Å². The maximum Gasteiger partial charge on any atom is 0.319 e. The SMILES string of the molecule is Nc1cccc(NC(=O)NC2CCCS(=O)(=O)C2)c1. The second-order valence-corrected chi connectivity index (χ2v) is 6.91. The highest BCUT2D eigenvalue weighted by molar-refractivity contribution is 7.91. The van der Waals surface area contributed by atoms with Crippen LogP contribution in [0.2, 0.25) is 0 Å². The summed E-state index contributed by atoms with van der Waals surface area (Å²) in [4.78, 5) is 11.7. The second-order valence-electron chi connectivity index (χ2n) is 4.68. The van der Waals surface area contributed by atoms with Gasteiger partial charge in [-0.25, -0.2) is 13.2 Å². The Morgan fingerprint density at radius 3 is 2.84 bits per heavy atom. The zero-order valence-corrected chi connectivity index (χ0v) is 11.2. The van der Waals surface area contributed by atoms with E-state index in [-0.39, 0.29) is 17.5 Å². The average Bonchev–Trinajstić information content (AvgIpc) is 2.27. The van der Waals surface area contributed by atoms with Gasteiger partial charge in [0, 0.05) is 17.4 Å². The van der Waals surface area contributed by atoms with E-state index in [4.69, 9.17) is 5.73 Å². The van der Waals surface area contributed by atoms with E-state index in [1.807, 2.05) is 0 Å². The van der Waals surface area contributed by atoms with Crippen molar-refractivity contribution < 1.29 is 13.2 Å². The largest absolute Gasteiger partial charge is 0.399 e. The number of rotatable bonds is 2. The van der Waals surface area contributed by atoms with Crippen LogP contribution in [-0.2, 0) is 9.84 Å². The Labute approximate surface area is 112 Å². The molecule has 4 N–H and O–H groups in total. The lowest BCUT2D eigenvalue weighted by Gasteiger charge is -2.23. The van der Waals surface area contributed by atoms with Crippen molar-refractivity contribution in [2.45, 2.75) is 18.9 Å². The van der Waals surface area contributed by atoms with Crippen LogP contribution in [-0.4, -0.2) is 32.0 Å². The van der Waals surface area contributed by atoms with Crippen LogP contribution in [0.25, 0.3) is 0 Å². The molecule has 1 aliphatic heterocycles. The van der Waals surface area contributed by atoms with Crippen LogP contribution in [0, 0.1) is 0 Å². The fourth-order valence-electron chi connectivity index (χ4n) is 2.11. The highest BCUT2D eigenvalue weighted by Gasteiger charge is 2.25. The van der Waals surface area contributed by atoms with Crippen molar-refractivity contribution in [2.75, 3.05) is 22.6 Å². The number of nitrogen functional groups attached to an aromatic ring is 1. The molecule has 104 valence electrons. The van der Waals surface area contributed by atoms with Gasteiger partial charge in [-0.3, -0.25) is 0 Å². The average molecular weight is 283 g/mol. The molecule has 0 aromatic heterocycles. The van der Waals surface area contributed by atoms with Crippen LogP contribution >= 0.6 is 0 Å². The van der Waals surface area contributed by atoms with Crippen molar-refractivity contribution in [3.8, 4) is 0 Å². The van der Waals surface area contributed by atoms with Gasteiger partial charge in [-0.1, -0.05) is 6.07 Å². The molecule has 7 heteroatoms. The Morgan fingerprint density at radius 2 is 2.16 bits per heavy atom. The number of nitrogens with two attached hydrogens (primary N) is 1. The van der Waals surface area contributed by atoms with E-state index < -0.39 is 15.9 Å². The second kappa shape index (κ2) is 5.48. The number of anilines is 2. The summed E-state index contributed by atoms with van der Waals surface area (Å²) in [6, 6.07) is 6.07. The predicted octanol–water partition coefficient (Wildman–Crippen LogP) is 0.967. The number of carbonyl (C=O) groups excluding carboxylic acids is 1. The number of benzene rings is 1. The van der Waals surface area contributed by atoms with E-state index in [1.54, 1.807) is 24.3 Å². The van der Waals surface area contributed by atoms with E-state index in [0.717, 1.165) is 0 Å². The van der Waals surface area contributed by atoms with Crippen LogP contribution in [0.1, 0.15) is 12.8 Å². The lowest BCUT2D eigenvalue weighted by molar-refractivity contribution is 0.248. The minimum Gasteiger partial charge on any atom is -0.399 e. The zero-order valence-electron chi connectivity index (χ0n) is 10.4. The van der Waals surface area contributed by atoms with Gasteiger partial charge in [-0.2, -0.15) is 0 Å². The van der Waals surface area contributed by atoms with E-state index in [1.165, 1.54) is 0 Å². The first-order valence-electron chi connectivity index (χ1n) is 6.08. The molecule has 6 nitrogen and oxygen atoms in total. The zero-order chi connectivity index (χ0) is 13.9. The van der Waals surface area contributed by atoms with Gasteiger partial charge in [-0.15, -0.1) is 0 Å². The van der Waals surface area contributed by atoms with Crippen molar-refractivity contribution in [2.24, 2.45) is 0 Å². The first-order valence-corrected chi connectivity index (χ1v) is 7.90. The lowest BCUT2D eigenvalue weighted by Crippen LogP contribution is -2.44. The number of amides is 2. The van der Waals surface area contributed by atoms with E-state index in [2.05, 4.69) is 10.6 Å². The summed E-state index contributed by atoms with van der Waals surface area (Å²) >= 11 is 0. The summed E-state index contributed by atoms with van der Waals surface area (Å²) in [7, 11) is -3.02. The molecule has 0 saturated carbocycles. The van der Waals surface area contributed by atoms with Gasteiger partial charge in [0.05, 0.1) is 11.5 Å². The third kappa shape index (κ3) is 4.13. The minimum atomic E-state index is -3.02. The molecule has 1 unspecified atom stereocenters. The predicted molar refractivity (Wildman–Crippen MR) is 74.7 cm³/mol. The molecule has 2 amide bonds. The molecule has 1 atom stereocenters. The Bertz CT molecular complexity index is 571.